The molecule has 3 rings (SSSR count). The molecular formula is C17H20N2O. The van der Waals surface area contributed by atoms with Gasteiger partial charge in [0, 0.05) is 30.0 Å². The van der Waals surface area contributed by atoms with E-state index in [-0.39, 0.29) is 0 Å². The van der Waals surface area contributed by atoms with Crippen LogP contribution in [-0.2, 0) is 4.79 Å². The molecule has 20 heavy (non-hydrogen) atoms. The average Bonchev–Trinajstić information content (AvgIpc) is 2.82. The van der Waals surface area contributed by atoms with Gasteiger partial charge in [-0.2, -0.15) is 0 Å². The van der Waals surface area contributed by atoms with Crippen molar-refractivity contribution < 1.29 is 4.79 Å². The molecule has 104 valence electrons. The van der Waals surface area contributed by atoms with Gasteiger partial charge in [0.25, 0.3) is 0 Å². The number of hydrogen-bond acceptors (Lipinski definition) is 2. The topological polar surface area (TPSA) is 45.8 Å². The Labute approximate surface area is 119 Å². The summed E-state index contributed by atoms with van der Waals surface area (Å²) in [4.78, 5) is 19.6. The molecule has 1 aliphatic carbocycles. The van der Waals surface area contributed by atoms with E-state index in [0.717, 1.165) is 30.1 Å². The number of benzene rings is 1. The van der Waals surface area contributed by atoms with Gasteiger partial charge in [-0.25, -0.2) is 4.98 Å². The van der Waals surface area contributed by atoms with E-state index >= 15 is 0 Å². The van der Waals surface area contributed by atoms with Gasteiger partial charge in [0.05, 0.1) is 5.69 Å². The van der Waals surface area contributed by atoms with Crippen LogP contribution in [0, 0.1) is 13.8 Å². The fourth-order valence-electron chi connectivity index (χ4n) is 2.99. The quantitative estimate of drug-likeness (QED) is 0.897. The summed E-state index contributed by atoms with van der Waals surface area (Å²) in [6, 6.07) is 8.33. The molecule has 1 N–H and O–H groups in total. The number of imidazole rings is 1. The van der Waals surface area contributed by atoms with Crippen LogP contribution in [0.2, 0.25) is 0 Å². The predicted molar refractivity (Wildman–Crippen MR) is 79.7 cm³/mol. The summed E-state index contributed by atoms with van der Waals surface area (Å²) in [5.41, 5.74) is 4.60. The van der Waals surface area contributed by atoms with Gasteiger partial charge in [-0.1, -0.05) is 24.3 Å². The van der Waals surface area contributed by atoms with Crippen molar-refractivity contribution in [1.82, 2.24) is 9.97 Å². The van der Waals surface area contributed by atoms with Crippen LogP contribution in [0.5, 0.6) is 0 Å². The van der Waals surface area contributed by atoms with Crippen molar-refractivity contribution in [2.45, 2.75) is 45.4 Å². The maximum atomic E-state index is 11.3. The van der Waals surface area contributed by atoms with Crippen molar-refractivity contribution in [1.29, 1.82) is 0 Å². The lowest BCUT2D eigenvalue weighted by atomic mass is 9.88. The molecule has 0 bridgehead atoms. The summed E-state index contributed by atoms with van der Waals surface area (Å²) in [7, 11) is 0. The first kappa shape index (κ1) is 13.1. The Kier molecular flexibility index (Phi) is 3.43. The van der Waals surface area contributed by atoms with Crippen LogP contribution in [0.15, 0.2) is 24.3 Å². The molecule has 0 atom stereocenters. The highest BCUT2D eigenvalue weighted by atomic mass is 16.1. The molecule has 1 heterocycles. The normalized spacial score (nSPS) is 16.6. The van der Waals surface area contributed by atoms with Crippen molar-refractivity contribution in [3.63, 3.8) is 0 Å². The lowest BCUT2D eigenvalue weighted by molar-refractivity contribution is -0.120. The van der Waals surface area contributed by atoms with Crippen LogP contribution in [0.3, 0.4) is 0 Å². The lowest BCUT2D eigenvalue weighted by Gasteiger charge is -2.18. The monoisotopic (exact) mass is 268 g/mol. The smallest absolute Gasteiger partial charge is 0.132 e. The van der Waals surface area contributed by atoms with Gasteiger partial charge in [0.15, 0.2) is 0 Å². The number of aryl methyl sites for hydroxylation is 2. The average molecular weight is 268 g/mol. The maximum Gasteiger partial charge on any atom is 0.132 e. The molecule has 1 saturated carbocycles. The van der Waals surface area contributed by atoms with Gasteiger partial charge < -0.3 is 4.98 Å². The second kappa shape index (κ2) is 5.23. The zero-order valence-corrected chi connectivity index (χ0v) is 12.1. The molecule has 1 aliphatic rings. The van der Waals surface area contributed by atoms with Crippen molar-refractivity contribution >= 4 is 5.78 Å². The fraction of sp³-hybridized carbons (Fsp3) is 0.412. The summed E-state index contributed by atoms with van der Waals surface area (Å²) in [5, 5.41) is 0. The van der Waals surface area contributed by atoms with Gasteiger partial charge >= 0.3 is 0 Å². The molecule has 3 heteroatoms. The third kappa shape index (κ3) is 2.40. The second-order valence-corrected chi connectivity index (χ2v) is 5.72. The Hall–Kier alpha value is -1.90. The number of hydrogen-bond donors (Lipinski definition) is 1. The number of nitrogens with zero attached hydrogens (tertiary/aromatic N) is 1. The first-order valence-electron chi connectivity index (χ1n) is 7.29. The number of Topliss-reactive ketones (excluding diaryl/α,β-unsaturated/α-hetero) is 1. The highest BCUT2D eigenvalue weighted by molar-refractivity contribution is 5.79. The van der Waals surface area contributed by atoms with E-state index in [4.69, 9.17) is 4.98 Å². The summed E-state index contributed by atoms with van der Waals surface area (Å²) in [6.45, 7) is 4.19. The van der Waals surface area contributed by atoms with Crippen LogP contribution in [-0.4, -0.2) is 15.8 Å². The van der Waals surface area contributed by atoms with Crippen molar-refractivity contribution in [2.75, 3.05) is 0 Å². The second-order valence-electron chi connectivity index (χ2n) is 5.72. The molecule has 0 aliphatic heterocycles. The lowest BCUT2D eigenvalue weighted by Crippen LogP contribution is -2.13. The predicted octanol–water partition coefficient (Wildman–Crippen LogP) is 3.92. The molecule has 0 amide bonds. The number of rotatable bonds is 2. The SMILES string of the molecule is Cc1ccccc1-c1nc(C2CCC(=O)CC2)[nH]c1C. The Morgan fingerprint density at radius 1 is 1.15 bits per heavy atom. The number of carbonyl (C=O) groups excluding carboxylic acids is 1. The molecule has 0 radical (unpaired) electrons. The first-order valence-corrected chi connectivity index (χ1v) is 7.29. The molecule has 1 aromatic carbocycles. The van der Waals surface area contributed by atoms with E-state index in [1.54, 1.807) is 0 Å². The standard InChI is InChI=1S/C17H20N2O/c1-11-5-3-4-6-15(11)16-12(2)18-17(19-16)13-7-9-14(20)10-8-13/h3-6,13H,7-10H2,1-2H3,(H,18,19). The molecule has 0 unspecified atom stereocenters. The number of nitrogens with one attached hydrogen (secondary N) is 1. The summed E-state index contributed by atoms with van der Waals surface area (Å²) >= 11 is 0. The Morgan fingerprint density at radius 3 is 2.55 bits per heavy atom. The van der Waals surface area contributed by atoms with Gasteiger partial charge in [0.2, 0.25) is 0 Å². The third-order valence-corrected chi connectivity index (χ3v) is 4.23. The molecule has 1 aromatic heterocycles. The number of ketones is 1. The Morgan fingerprint density at radius 2 is 1.85 bits per heavy atom. The first-order chi connectivity index (χ1) is 9.65. The number of aromatic nitrogens is 2. The summed E-state index contributed by atoms with van der Waals surface area (Å²) < 4.78 is 0. The van der Waals surface area contributed by atoms with Gasteiger partial charge in [-0.05, 0) is 32.3 Å². The minimum Gasteiger partial charge on any atom is -0.345 e. The van der Waals surface area contributed by atoms with Crippen LogP contribution >= 0.6 is 0 Å². The number of H-pyrrole nitrogens is 1. The number of aromatic amines is 1. The van der Waals surface area contributed by atoms with Crippen LogP contribution in [0.4, 0.5) is 0 Å². The van der Waals surface area contributed by atoms with Crippen molar-refractivity contribution in [2.24, 2.45) is 0 Å². The van der Waals surface area contributed by atoms with Gasteiger partial charge in [0.1, 0.15) is 11.6 Å². The Bertz CT molecular complexity index is 632. The number of carbonyl (C=O) groups is 1. The highest BCUT2D eigenvalue weighted by Crippen LogP contribution is 2.32. The summed E-state index contributed by atoms with van der Waals surface area (Å²) in [5.74, 6) is 1.85. The van der Waals surface area contributed by atoms with Crippen LogP contribution in [0.1, 0.15) is 48.7 Å². The van der Waals surface area contributed by atoms with Crippen molar-refractivity contribution in [3.8, 4) is 11.3 Å². The molecule has 0 spiro atoms. The van der Waals surface area contributed by atoms with E-state index in [0.29, 0.717) is 24.5 Å². The zero-order valence-electron chi connectivity index (χ0n) is 12.1. The summed E-state index contributed by atoms with van der Waals surface area (Å²) in [6.07, 6.45) is 3.26. The third-order valence-electron chi connectivity index (χ3n) is 4.23. The van der Waals surface area contributed by atoms with Crippen LogP contribution < -0.4 is 0 Å². The maximum absolute atomic E-state index is 11.3. The van der Waals surface area contributed by atoms with Gasteiger partial charge in [-0.15, -0.1) is 0 Å². The fourth-order valence-corrected chi connectivity index (χ4v) is 2.99. The van der Waals surface area contributed by atoms with Gasteiger partial charge in [-0.3, -0.25) is 4.79 Å². The van der Waals surface area contributed by atoms with E-state index in [9.17, 15) is 4.79 Å². The molecule has 3 nitrogen and oxygen atoms in total. The van der Waals surface area contributed by atoms with E-state index in [2.05, 4.69) is 43.1 Å². The molecule has 0 saturated heterocycles. The minimum absolute atomic E-state index is 0.392. The molecule has 1 fully saturated rings. The minimum atomic E-state index is 0.392. The van der Waals surface area contributed by atoms with E-state index in [1.807, 2.05) is 0 Å². The largest absolute Gasteiger partial charge is 0.345 e. The Balaban J connectivity index is 1.92. The van der Waals surface area contributed by atoms with E-state index < -0.39 is 0 Å². The van der Waals surface area contributed by atoms with Crippen molar-refractivity contribution in [3.05, 3.63) is 41.3 Å². The molecule has 2 aromatic rings. The zero-order chi connectivity index (χ0) is 14.1. The highest BCUT2D eigenvalue weighted by Gasteiger charge is 2.23. The van der Waals surface area contributed by atoms with Crippen LogP contribution in [0.25, 0.3) is 11.3 Å². The van der Waals surface area contributed by atoms with E-state index in [1.165, 1.54) is 11.1 Å². The molecular weight excluding hydrogens is 248 g/mol.